The van der Waals surface area contributed by atoms with Crippen LogP contribution in [0.25, 0.3) is 0 Å². The van der Waals surface area contributed by atoms with Gasteiger partial charge in [-0.25, -0.2) is 4.39 Å². The number of halogens is 4. The van der Waals surface area contributed by atoms with Gasteiger partial charge in [0.2, 0.25) is 0 Å². The molecule has 2 aromatic rings. The molecule has 112 valence electrons. The van der Waals surface area contributed by atoms with Gasteiger partial charge in [-0.3, -0.25) is 4.21 Å². The van der Waals surface area contributed by atoms with Gasteiger partial charge < -0.3 is 5.73 Å². The van der Waals surface area contributed by atoms with E-state index in [1.807, 2.05) is 0 Å². The third-order valence-electron chi connectivity index (χ3n) is 2.75. The van der Waals surface area contributed by atoms with E-state index >= 15 is 0 Å². The summed E-state index contributed by atoms with van der Waals surface area (Å²) in [6.45, 7) is 0. The molecule has 0 fully saturated rings. The van der Waals surface area contributed by atoms with Crippen LogP contribution in [0.15, 0.2) is 47.4 Å². The lowest BCUT2D eigenvalue weighted by molar-refractivity contribution is -0.137. The molecule has 2 rings (SSSR count). The summed E-state index contributed by atoms with van der Waals surface area (Å²) in [6, 6.07) is 8.18. The first-order valence-electron chi connectivity index (χ1n) is 5.87. The van der Waals surface area contributed by atoms with Gasteiger partial charge in [-0.1, -0.05) is 18.2 Å². The van der Waals surface area contributed by atoms with Gasteiger partial charge in [0.25, 0.3) is 0 Å². The predicted molar refractivity (Wildman–Crippen MR) is 72.4 cm³/mol. The minimum atomic E-state index is -4.47. The topological polar surface area (TPSA) is 43.1 Å². The molecule has 0 bridgehead atoms. The van der Waals surface area contributed by atoms with Crippen LogP contribution in [-0.2, 0) is 22.7 Å². The molecule has 0 saturated heterocycles. The first-order chi connectivity index (χ1) is 9.77. The third kappa shape index (κ3) is 3.81. The molecule has 0 spiro atoms. The average Bonchev–Trinajstić information content (AvgIpc) is 2.37. The Morgan fingerprint density at radius 1 is 1.10 bits per heavy atom. The summed E-state index contributed by atoms with van der Waals surface area (Å²) in [7, 11) is -1.79. The first-order valence-corrected chi connectivity index (χ1v) is 7.19. The van der Waals surface area contributed by atoms with Crippen molar-refractivity contribution in [3.8, 4) is 0 Å². The first kappa shape index (κ1) is 15.5. The van der Waals surface area contributed by atoms with Gasteiger partial charge in [0.05, 0.1) is 27.0 Å². The molecule has 0 aliphatic heterocycles. The molecule has 1 unspecified atom stereocenters. The summed E-state index contributed by atoms with van der Waals surface area (Å²) in [6.07, 6.45) is -4.47. The van der Waals surface area contributed by atoms with Gasteiger partial charge >= 0.3 is 6.18 Å². The summed E-state index contributed by atoms with van der Waals surface area (Å²) in [4.78, 5) is -0.0818. The molecule has 0 saturated carbocycles. The zero-order valence-electron chi connectivity index (χ0n) is 10.7. The van der Waals surface area contributed by atoms with Crippen molar-refractivity contribution >= 4 is 16.5 Å². The molecule has 21 heavy (non-hydrogen) atoms. The third-order valence-corrected chi connectivity index (χ3v) is 4.17. The summed E-state index contributed by atoms with van der Waals surface area (Å²) >= 11 is 0. The summed E-state index contributed by atoms with van der Waals surface area (Å²) in [5.41, 5.74) is 4.97. The standard InChI is InChI=1S/C14H11F4NOS/c15-12-7-11(19)4-5-13(12)21(20)8-9-2-1-3-10(6-9)14(16,17)18/h1-7H,8,19H2. The van der Waals surface area contributed by atoms with Gasteiger partial charge in [0, 0.05) is 5.69 Å². The molecule has 0 heterocycles. The molecular formula is C14H11F4NOS. The van der Waals surface area contributed by atoms with Crippen molar-refractivity contribution in [2.75, 3.05) is 5.73 Å². The van der Waals surface area contributed by atoms with Crippen molar-refractivity contribution in [2.45, 2.75) is 16.8 Å². The fourth-order valence-electron chi connectivity index (χ4n) is 1.77. The highest BCUT2D eigenvalue weighted by Gasteiger charge is 2.30. The van der Waals surface area contributed by atoms with Crippen LogP contribution in [0.1, 0.15) is 11.1 Å². The Kier molecular flexibility index (Phi) is 4.32. The normalized spacial score (nSPS) is 13.1. The van der Waals surface area contributed by atoms with E-state index < -0.39 is 28.4 Å². The van der Waals surface area contributed by atoms with E-state index in [0.717, 1.165) is 18.2 Å². The van der Waals surface area contributed by atoms with Crippen LogP contribution in [0.4, 0.5) is 23.2 Å². The van der Waals surface area contributed by atoms with E-state index in [-0.39, 0.29) is 21.9 Å². The van der Waals surface area contributed by atoms with Crippen LogP contribution in [0.3, 0.4) is 0 Å². The number of benzene rings is 2. The lowest BCUT2D eigenvalue weighted by Gasteiger charge is -2.09. The quantitative estimate of drug-likeness (QED) is 0.692. The highest BCUT2D eigenvalue weighted by molar-refractivity contribution is 7.84. The fraction of sp³-hybridized carbons (Fsp3) is 0.143. The monoisotopic (exact) mass is 317 g/mol. The SMILES string of the molecule is Nc1ccc(S(=O)Cc2cccc(C(F)(F)F)c2)c(F)c1. The Balaban J connectivity index is 2.24. The number of anilines is 1. The highest BCUT2D eigenvalue weighted by Crippen LogP contribution is 2.30. The van der Waals surface area contributed by atoms with Gasteiger partial charge in [0.15, 0.2) is 0 Å². The lowest BCUT2D eigenvalue weighted by atomic mass is 10.1. The summed E-state index contributed by atoms with van der Waals surface area (Å²) in [5, 5.41) is 0. The molecular weight excluding hydrogens is 306 g/mol. The van der Waals surface area contributed by atoms with E-state index in [9.17, 15) is 21.8 Å². The maximum Gasteiger partial charge on any atom is 0.416 e. The molecule has 2 aromatic carbocycles. The second-order valence-electron chi connectivity index (χ2n) is 4.38. The number of nitrogen functional groups attached to an aromatic ring is 1. The Morgan fingerprint density at radius 2 is 1.81 bits per heavy atom. The second-order valence-corrected chi connectivity index (χ2v) is 5.80. The van der Waals surface area contributed by atoms with Crippen LogP contribution in [0, 0.1) is 5.82 Å². The maximum atomic E-state index is 13.6. The minimum absolute atomic E-state index is 0.0818. The largest absolute Gasteiger partial charge is 0.416 e. The molecule has 1 atom stereocenters. The Bertz CT molecular complexity index is 685. The Labute approximate surface area is 121 Å². The minimum Gasteiger partial charge on any atom is -0.399 e. The van der Waals surface area contributed by atoms with Crippen molar-refractivity contribution in [1.82, 2.24) is 0 Å². The zero-order valence-corrected chi connectivity index (χ0v) is 11.5. The lowest BCUT2D eigenvalue weighted by Crippen LogP contribution is -2.06. The van der Waals surface area contributed by atoms with Crippen LogP contribution in [-0.4, -0.2) is 4.21 Å². The molecule has 0 aromatic heterocycles. The number of alkyl halides is 3. The van der Waals surface area contributed by atoms with Crippen molar-refractivity contribution in [3.05, 3.63) is 59.4 Å². The van der Waals surface area contributed by atoms with E-state index in [0.29, 0.717) is 0 Å². The van der Waals surface area contributed by atoms with Crippen LogP contribution < -0.4 is 5.73 Å². The van der Waals surface area contributed by atoms with Crippen molar-refractivity contribution in [2.24, 2.45) is 0 Å². The molecule has 2 N–H and O–H groups in total. The number of hydrogen-bond acceptors (Lipinski definition) is 2. The second kappa shape index (κ2) is 5.85. The molecule has 0 aliphatic rings. The van der Waals surface area contributed by atoms with Gasteiger partial charge in [-0.15, -0.1) is 0 Å². The number of hydrogen-bond donors (Lipinski definition) is 1. The average molecular weight is 317 g/mol. The zero-order chi connectivity index (χ0) is 15.6. The van der Waals surface area contributed by atoms with Crippen molar-refractivity contribution in [3.63, 3.8) is 0 Å². The Hall–Kier alpha value is -1.89. The van der Waals surface area contributed by atoms with Crippen molar-refractivity contribution in [1.29, 1.82) is 0 Å². The summed E-state index contributed by atoms with van der Waals surface area (Å²) in [5.74, 6) is -0.939. The Morgan fingerprint density at radius 3 is 2.43 bits per heavy atom. The van der Waals surface area contributed by atoms with Gasteiger partial charge in [-0.05, 0) is 29.8 Å². The van der Waals surface area contributed by atoms with E-state index in [1.165, 1.54) is 24.3 Å². The van der Waals surface area contributed by atoms with E-state index in [4.69, 9.17) is 5.73 Å². The number of nitrogens with two attached hydrogens (primary N) is 1. The smallest absolute Gasteiger partial charge is 0.399 e. The van der Waals surface area contributed by atoms with Crippen LogP contribution >= 0.6 is 0 Å². The summed E-state index contributed by atoms with van der Waals surface area (Å²) < 4.78 is 63.4. The van der Waals surface area contributed by atoms with Crippen LogP contribution in [0.2, 0.25) is 0 Å². The molecule has 0 amide bonds. The number of rotatable bonds is 3. The molecule has 7 heteroatoms. The molecule has 0 radical (unpaired) electrons. The van der Waals surface area contributed by atoms with E-state index in [2.05, 4.69) is 0 Å². The van der Waals surface area contributed by atoms with Crippen LogP contribution in [0.5, 0.6) is 0 Å². The van der Waals surface area contributed by atoms with Gasteiger partial charge in [-0.2, -0.15) is 13.2 Å². The van der Waals surface area contributed by atoms with Crippen molar-refractivity contribution < 1.29 is 21.8 Å². The predicted octanol–water partition coefficient (Wildman–Crippen LogP) is 3.73. The maximum absolute atomic E-state index is 13.6. The fourth-order valence-corrected chi connectivity index (χ4v) is 2.90. The van der Waals surface area contributed by atoms with Gasteiger partial charge in [0.1, 0.15) is 5.82 Å². The highest BCUT2D eigenvalue weighted by atomic mass is 32.2. The molecule has 0 aliphatic carbocycles. The molecule has 2 nitrogen and oxygen atoms in total. The van der Waals surface area contributed by atoms with E-state index in [1.54, 1.807) is 0 Å².